The van der Waals surface area contributed by atoms with Crippen LogP contribution in [0.5, 0.6) is 0 Å². The molecule has 0 radical (unpaired) electrons. The summed E-state index contributed by atoms with van der Waals surface area (Å²) in [6, 6.07) is 11.4. The molecule has 30 heavy (non-hydrogen) atoms. The molecule has 1 amide bonds. The van der Waals surface area contributed by atoms with E-state index in [1.54, 1.807) is 12.4 Å². The van der Waals surface area contributed by atoms with Crippen molar-refractivity contribution in [1.82, 2.24) is 9.88 Å². The van der Waals surface area contributed by atoms with Crippen LogP contribution in [0, 0.1) is 5.92 Å². The van der Waals surface area contributed by atoms with Crippen molar-refractivity contribution in [3.05, 3.63) is 64.9 Å². The third kappa shape index (κ3) is 6.03. The van der Waals surface area contributed by atoms with Crippen molar-refractivity contribution in [2.45, 2.75) is 37.6 Å². The number of hydrogen-bond acceptors (Lipinski definition) is 5. The number of esters is 1. The van der Waals surface area contributed by atoms with Crippen molar-refractivity contribution < 1.29 is 14.3 Å². The summed E-state index contributed by atoms with van der Waals surface area (Å²) >= 11 is 5.98. The van der Waals surface area contributed by atoms with Gasteiger partial charge in [0, 0.05) is 36.0 Å². The van der Waals surface area contributed by atoms with Crippen molar-refractivity contribution in [1.29, 1.82) is 0 Å². The zero-order valence-electron chi connectivity index (χ0n) is 17.2. The van der Waals surface area contributed by atoms with Crippen LogP contribution in [-0.4, -0.2) is 47.5 Å². The maximum absolute atomic E-state index is 13.4. The first-order chi connectivity index (χ1) is 14.4. The summed E-state index contributed by atoms with van der Waals surface area (Å²) in [4.78, 5) is 31.2. The molecule has 0 saturated carbocycles. The topological polar surface area (TPSA) is 85.5 Å². The Kier molecular flexibility index (Phi) is 7.45. The fraction of sp³-hybridized carbons (Fsp3) is 0.435. The second kappa shape index (κ2) is 10.0. The van der Waals surface area contributed by atoms with Gasteiger partial charge in [-0.3, -0.25) is 14.6 Å². The largest absolute Gasteiger partial charge is 0.469 e. The number of ether oxygens (including phenoxy) is 1. The maximum Gasteiger partial charge on any atom is 0.306 e. The molecule has 2 heterocycles. The molecule has 1 aliphatic rings. The van der Waals surface area contributed by atoms with E-state index < -0.39 is 17.4 Å². The van der Waals surface area contributed by atoms with Crippen LogP contribution in [0.2, 0.25) is 5.02 Å². The number of benzene rings is 1. The number of amides is 1. The molecule has 0 unspecified atom stereocenters. The standard InChI is InChI=1S/C23H28ClN3O3/c1-30-21(28)13-19(12-18-4-2-10-26-15-18)22(29)27-11-3-9-23(25,16-27)14-17-5-7-20(24)8-6-17/h2,4-8,10,15,19H,3,9,11-14,16,25H2,1H3/t19-,23-/m1/s1. The Balaban J connectivity index is 1.72. The summed E-state index contributed by atoms with van der Waals surface area (Å²) in [5.41, 5.74) is 8.21. The molecule has 7 heteroatoms. The van der Waals surface area contributed by atoms with Crippen molar-refractivity contribution in [3.63, 3.8) is 0 Å². The lowest BCUT2D eigenvalue weighted by Crippen LogP contribution is -2.58. The molecule has 1 aromatic carbocycles. The van der Waals surface area contributed by atoms with Crippen molar-refractivity contribution >= 4 is 23.5 Å². The Morgan fingerprint density at radius 3 is 2.70 bits per heavy atom. The van der Waals surface area contributed by atoms with E-state index in [1.165, 1.54) is 7.11 Å². The summed E-state index contributed by atoms with van der Waals surface area (Å²) in [5, 5.41) is 0.686. The van der Waals surface area contributed by atoms with E-state index in [4.69, 9.17) is 22.1 Å². The Bertz CT molecular complexity index is 860. The SMILES string of the molecule is COC(=O)C[C@@H](Cc1cccnc1)C(=O)N1CCC[C@@](N)(Cc2ccc(Cl)cc2)C1. The molecule has 6 nitrogen and oxygen atoms in total. The smallest absolute Gasteiger partial charge is 0.306 e. The summed E-state index contributed by atoms with van der Waals surface area (Å²) < 4.78 is 4.82. The molecule has 2 aromatic rings. The zero-order valence-corrected chi connectivity index (χ0v) is 18.0. The second-order valence-electron chi connectivity index (χ2n) is 8.07. The lowest BCUT2D eigenvalue weighted by Gasteiger charge is -2.41. The molecular formula is C23H28ClN3O3. The number of pyridine rings is 1. The second-order valence-corrected chi connectivity index (χ2v) is 8.51. The summed E-state index contributed by atoms with van der Waals surface area (Å²) in [6.45, 7) is 1.10. The molecule has 0 spiro atoms. The molecule has 1 aliphatic heterocycles. The molecular weight excluding hydrogens is 402 g/mol. The minimum Gasteiger partial charge on any atom is -0.469 e. The highest BCUT2D eigenvalue weighted by Crippen LogP contribution is 2.26. The van der Waals surface area contributed by atoms with Gasteiger partial charge in [0.05, 0.1) is 19.4 Å². The highest BCUT2D eigenvalue weighted by molar-refractivity contribution is 6.30. The molecule has 2 N–H and O–H groups in total. The number of piperidine rings is 1. The van der Waals surface area contributed by atoms with E-state index in [-0.39, 0.29) is 12.3 Å². The van der Waals surface area contributed by atoms with Gasteiger partial charge in [0.2, 0.25) is 5.91 Å². The number of nitrogens with zero attached hydrogens (tertiary/aromatic N) is 2. The van der Waals surface area contributed by atoms with Crippen molar-refractivity contribution in [2.24, 2.45) is 11.7 Å². The molecule has 160 valence electrons. The van der Waals surface area contributed by atoms with Gasteiger partial charge < -0.3 is 15.4 Å². The monoisotopic (exact) mass is 429 g/mol. The van der Waals surface area contributed by atoms with E-state index >= 15 is 0 Å². The van der Waals surface area contributed by atoms with Gasteiger partial charge in [-0.15, -0.1) is 0 Å². The minimum absolute atomic E-state index is 0.0372. The Hall–Kier alpha value is -2.44. The number of halogens is 1. The number of aromatic nitrogens is 1. The predicted octanol–water partition coefficient (Wildman–Crippen LogP) is 3.02. The molecule has 3 rings (SSSR count). The number of methoxy groups -OCH3 is 1. The lowest BCUT2D eigenvalue weighted by atomic mass is 9.83. The molecule has 0 aliphatic carbocycles. The summed E-state index contributed by atoms with van der Waals surface area (Å²) in [7, 11) is 1.34. The van der Waals surface area contributed by atoms with Crippen LogP contribution in [-0.2, 0) is 27.2 Å². The molecule has 0 bridgehead atoms. The van der Waals surface area contributed by atoms with Crippen LogP contribution in [0.1, 0.15) is 30.4 Å². The number of hydrogen-bond donors (Lipinski definition) is 1. The predicted molar refractivity (Wildman–Crippen MR) is 116 cm³/mol. The van der Waals surface area contributed by atoms with Gasteiger partial charge in [-0.25, -0.2) is 0 Å². The quantitative estimate of drug-likeness (QED) is 0.684. The van der Waals surface area contributed by atoms with Gasteiger partial charge in [-0.1, -0.05) is 29.8 Å². The van der Waals surface area contributed by atoms with E-state index in [0.717, 1.165) is 24.0 Å². The van der Waals surface area contributed by atoms with Crippen LogP contribution in [0.15, 0.2) is 48.8 Å². The molecule has 2 atom stereocenters. The van der Waals surface area contributed by atoms with Crippen molar-refractivity contribution in [3.8, 4) is 0 Å². The van der Waals surface area contributed by atoms with Crippen LogP contribution in [0.4, 0.5) is 0 Å². The third-order valence-electron chi connectivity index (χ3n) is 5.58. The first-order valence-electron chi connectivity index (χ1n) is 10.2. The first kappa shape index (κ1) is 22.2. The normalized spacial score (nSPS) is 19.9. The first-order valence-corrected chi connectivity index (χ1v) is 10.5. The molecule has 1 saturated heterocycles. The van der Waals surface area contributed by atoms with Crippen LogP contribution >= 0.6 is 11.6 Å². The average molecular weight is 430 g/mol. The van der Waals surface area contributed by atoms with Gasteiger partial charge in [0.1, 0.15) is 0 Å². The number of rotatable bonds is 7. The Labute approximate surface area is 182 Å². The van der Waals surface area contributed by atoms with Crippen LogP contribution in [0.3, 0.4) is 0 Å². The minimum atomic E-state index is -0.508. The van der Waals surface area contributed by atoms with E-state index in [0.29, 0.717) is 31.0 Å². The number of likely N-dealkylation sites (tertiary alicyclic amines) is 1. The van der Waals surface area contributed by atoms with Crippen molar-refractivity contribution in [2.75, 3.05) is 20.2 Å². The van der Waals surface area contributed by atoms with Gasteiger partial charge in [-0.05, 0) is 55.0 Å². The van der Waals surface area contributed by atoms with E-state index in [2.05, 4.69) is 4.98 Å². The van der Waals surface area contributed by atoms with Gasteiger partial charge in [0.25, 0.3) is 0 Å². The number of nitrogens with two attached hydrogens (primary N) is 1. The fourth-order valence-corrected chi connectivity index (χ4v) is 4.22. The number of carbonyl (C=O) groups excluding carboxylic acids is 2. The highest BCUT2D eigenvalue weighted by atomic mass is 35.5. The molecule has 1 aromatic heterocycles. The van der Waals surface area contributed by atoms with E-state index in [9.17, 15) is 9.59 Å². The van der Waals surface area contributed by atoms with Gasteiger partial charge >= 0.3 is 5.97 Å². The lowest BCUT2D eigenvalue weighted by molar-refractivity contribution is -0.147. The summed E-state index contributed by atoms with van der Waals surface area (Å²) in [5.74, 6) is -0.955. The van der Waals surface area contributed by atoms with Gasteiger partial charge in [-0.2, -0.15) is 0 Å². The Morgan fingerprint density at radius 1 is 1.27 bits per heavy atom. The van der Waals surface area contributed by atoms with E-state index in [1.807, 2.05) is 41.3 Å². The molecule has 1 fully saturated rings. The summed E-state index contributed by atoms with van der Waals surface area (Å²) in [6.07, 6.45) is 6.21. The van der Waals surface area contributed by atoms with Crippen LogP contribution < -0.4 is 5.73 Å². The Morgan fingerprint density at radius 2 is 2.03 bits per heavy atom. The average Bonchev–Trinajstić information content (AvgIpc) is 2.75. The third-order valence-corrected chi connectivity index (χ3v) is 5.84. The maximum atomic E-state index is 13.4. The number of carbonyl (C=O) groups is 2. The van der Waals surface area contributed by atoms with Crippen LogP contribution in [0.25, 0.3) is 0 Å². The fourth-order valence-electron chi connectivity index (χ4n) is 4.09. The highest BCUT2D eigenvalue weighted by Gasteiger charge is 2.36. The van der Waals surface area contributed by atoms with Gasteiger partial charge in [0.15, 0.2) is 0 Å². The zero-order chi connectivity index (χ0) is 21.6.